The Morgan fingerprint density at radius 3 is 3.22 bits per heavy atom. The first-order valence-corrected chi connectivity index (χ1v) is 7.47. The molecule has 0 unspecified atom stereocenters. The molecular weight excluding hydrogens is 240 g/mol. The monoisotopic (exact) mass is 258 g/mol. The fourth-order valence-electron chi connectivity index (χ4n) is 2.68. The van der Waals surface area contributed by atoms with Crippen molar-refractivity contribution >= 4 is 11.3 Å². The maximum atomic E-state index is 4.33. The third-order valence-electron chi connectivity index (χ3n) is 3.63. The third kappa shape index (κ3) is 2.47. The third-order valence-corrected chi connectivity index (χ3v) is 4.26. The number of hydrogen-bond donors (Lipinski definition) is 1. The smallest absolute Gasteiger partial charge is 0.0795 e. The lowest BCUT2D eigenvalue weighted by Crippen LogP contribution is -2.25. The summed E-state index contributed by atoms with van der Waals surface area (Å²) in [6.07, 6.45) is 3.75. The van der Waals surface area contributed by atoms with Crippen molar-refractivity contribution in [3.8, 4) is 0 Å². The van der Waals surface area contributed by atoms with Crippen LogP contribution in [-0.4, -0.2) is 4.98 Å². The van der Waals surface area contributed by atoms with E-state index in [0.717, 1.165) is 12.2 Å². The number of fused-ring (bicyclic) bond motifs is 1. The molecule has 0 saturated carbocycles. The van der Waals surface area contributed by atoms with E-state index in [1.807, 2.05) is 5.51 Å². The molecule has 1 N–H and O–H groups in total. The number of aromatic nitrogens is 1. The lowest BCUT2D eigenvalue weighted by atomic mass is 9.86. The zero-order valence-electron chi connectivity index (χ0n) is 10.6. The van der Waals surface area contributed by atoms with Gasteiger partial charge < -0.3 is 5.32 Å². The normalized spacial score (nSPS) is 18.6. The van der Waals surface area contributed by atoms with Crippen LogP contribution < -0.4 is 5.32 Å². The standard InChI is InChI=1S/C15H18N2S/c1-11-5-6-12-3-2-4-15(14(12)7-11)16-8-13-9-18-10-17-13/h5-7,9-10,15-16H,2-4,8H2,1H3/t15-/m1/s1. The molecule has 0 saturated heterocycles. The van der Waals surface area contributed by atoms with E-state index >= 15 is 0 Å². The van der Waals surface area contributed by atoms with Gasteiger partial charge >= 0.3 is 0 Å². The van der Waals surface area contributed by atoms with Gasteiger partial charge in [0.1, 0.15) is 0 Å². The fourth-order valence-corrected chi connectivity index (χ4v) is 3.24. The topological polar surface area (TPSA) is 24.9 Å². The summed E-state index contributed by atoms with van der Waals surface area (Å²) in [7, 11) is 0. The first kappa shape index (κ1) is 11.9. The van der Waals surface area contributed by atoms with Gasteiger partial charge in [-0.2, -0.15) is 0 Å². The van der Waals surface area contributed by atoms with E-state index < -0.39 is 0 Å². The molecule has 94 valence electrons. The zero-order valence-corrected chi connectivity index (χ0v) is 11.5. The number of thiazole rings is 1. The Hall–Kier alpha value is -1.19. The van der Waals surface area contributed by atoms with Gasteiger partial charge in [0.15, 0.2) is 0 Å². The van der Waals surface area contributed by atoms with E-state index in [1.54, 1.807) is 11.3 Å². The summed E-state index contributed by atoms with van der Waals surface area (Å²) in [6.45, 7) is 3.05. The molecule has 18 heavy (non-hydrogen) atoms. The molecule has 3 heteroatoms. The number of aryl methyl sites for hydroxylation is 2. The first-order chi connectivity index (χ1) is 8.83. The van der Waals surface area contributed by atoms with Crippen LogP contribution in [0.15, 0.2) is 29.1 Å². The minimum absolute atomic E-state index is 0.496. The molecule has 1 aromatic carbocycles. The van der Waals surface area contributed by atoms with Gasteiger partial charge in [0.2, 0.25) is 0 Å². The Bertz CT molecular complexity index is 519. The van der Waals surface area contributed by atoms with Crippen molar-refractivity contribution in [2.45, 2.75) is 38.8 Å². The maximum absolute atomic E-state index is 4.33. The predicted octanol–water partition coefficient (Wildman–Crippen LogP) is 3.62. The first-order valence-electron chi connectivity index (χ1n) is 6.53. The van der Waals surface area contributed by atoms with Gasteiger partial charge in [-0.15, -0.1) is 11.3 Å². The predicted molar refractivity (Wildman–Crippen MR) is 75.8 cm³/mol. The van der Waals surface area contributed by atoms with E-state index in [9.17, 15) is 0 Å². The minimum atomic E-state index is 0.496. The molecule has 1 aliphatic carbocycles. The summed E-state index contributed by atoms with van der Waals surface area (Å²) >= 11 is 1.66. The molecule has 2 aromatic rings. The molecule has 0 spiro atoms. The minimum Gasteiger partial charge on any atom is -0.304 e. The Morgan fingerprint density at radius 2 is 2.39 bits per heavy atom. The second-order valence-electron chi connectivity index (χ2n) is 5.01. The number of rotatable bonds is 3. The van der Waals surface area contributed by atoms with Crippen LogP contribution in [0.3, 0.4) is 0 Å². The van der Waals surface area contributed by atoms with E-state index in [2.05, 4.69) is 40.8 Å². The van der Waals surface area contributed by atoms with Crippen molar-refractivity contribution in [2.75, 3.05) is 0 Å². The molecule has 1 aliphatic rings. The van der Waals surface area contributed by atoms with Gasteiger partial charge in [-0.05, 0) is 37.3 Å². The van der Waals surface area contributed by atoms with Crippen LogP contribution >= 0.6 is 11.3 Å². The van der Waals surface area contributed by atoms with Crippen molar-refractivity contribution in [1.82, 2.24) is 10.3 Å². The summed E-state index contributed by atoms with van der Waals surface area (Å²) in [6, 6.07) is 7.35. The van der Waals surface area contributed by atoms with Gasteiger partial charge in [0.25, 0.3) is 0 Å². The van der Waals surface area contributed by atoms with E-state index in [4.69, 9.17) is 0 Å². The molecule has 1 heterocycles. The van der Waals surface area contributed by atoms with Crippen LogP contribution in [0.2, 0.25) is 0 Å². The largest absolute Gasteiger partial charge is 0.304 e. The molecule has 0 amide bonds. The molecule has 0 bridgehead atoms. The van der Waals surface area contributed by atoms with Gasteiger partial charge in [0.05, 0.1) is 11.2 Å². The second kappa shape index (κ2) is 5.21. The number of benzene rings is 1. The van der Waals surface area contributed by atoms with Crippen molar-refractivity contribution < 1.29 is 0 Å². The van der Waals surface area contributed by atoms with E-state index in [1.165, 1.54) is 36.0 Å². The van der Waals surface area contributed by atoms with Crippen LogP contribution in [0.4, 0.5) is 0 Å². The molecule has 2 nitrogen and oxygen atoms in total. The van der Waals surface area contributed by atoms with Crippen LogP contribution in [0.1, 0.15) is 41.3 Å². The molecule has 0 fully saturated rings. The Labute approximate surface area is 112 Å². The average molecular weight is 258 g/mol. The molecule has 0 aliphatic heterocycles. The summed E-state index contributed by atoms with van der Waals surface area (Å²) in [4.78, 5) is 4.33. The average Bonchev–Trinajstić information content (AvgIpc) is 2.89. The summed E-state index contributed by atoms with van der Waals surface area (Å²) in [5.74, 6) is 0. The molecule has 1 aromatic heterocycles. The lowest BCUT2D eigenvalue weighted by molar-refractivity contribution is 0.456. The quantitative estimate of drug-likeness (QED) is 0.909. The second-order valence-corrected chi connectivity index (χ2v) is 5.73. The fraction of sp³-hybridized carbons (Fsp3) is 0.400. The highest BCUT2D eigenvalue weighted by molar-refractivity contribution is 7.07. The summed E-state index contributed by atoms with van der Waals surface area (Å²) < 4.78 is 0. The highest BCUT2D eigenvalue weighted by Crippen LogP contribution is 2.30. The summed E-state index contributed by atoms with van der Waals surface area (Å²) in [5, 5.41) is 5.77. The Morgan fingerprint density at radius 1 is 1.44 bits per heavy atom. The van der Waals surface area contributed by atoms with Gasteiger partial charge in [0, 0.05) is 18.0 Å². The van der Waals surface area contributed by atoms with Gasteiger partial charge in [-0.1, -0.05) is 23.8 Å². The lowest BCUT2D eigenvalue weighted by Gasteiger charge is -2.26. The molecule has 1 atom stereocenters. The van der Waals surface area contributed by atoms with Crippen molar-refractivity contribution in [1.29, 1.82) is 0 Å². The SMILES string of the molecule is Cc1ccc2c(c1)[C@H](NCc1cscn1)CCC2. The van der Waals surface area contributed by atoms with Crippen molar-refractivity contribution in [3.05, 3.63) is 51.5 Å². The maximum Gasteiger partial charge on any atom is 0.0795 e. The molecule has 0 radical (unpaired) electrons. The van der Waals surface area contributed by atoms with E-state index in [0.29, 0.717) is 6.04 Å². The number of nitrogens with one attached hydrogen (secondary N) is 1. The van der Waals surface area contributed by atoms with Crippen molar-refractivity contribution in [2.24, 2.45) is 0 Å². The van der Waals surface area contributed by atoms with Gasteiger partial charge in [-0.3, -0.25) is 0 Å². The Kier molecular flexibility index (Phi) is 3.43. The van der Waals surface area contributed by atoms with Crippen LogP contribution in [0.5, 0.6) is 0 Å². The highest BCUT2D eigenvalue weighted by atomic mass is 32.1. The molecular formula is C15H18N2S. The van der Waals surface area contributed by atoms with Crippen LogP contribution in [-0.2, 0) is 13.0 Å². The number of hydrogen-bond acceptors (Lipinski definition) is 3. The zero-order chi connectivity index (χ0) is 12.4. The van der Waals surface area contributed by atoms with Gasteiger partial charge in [-0.25, -0.2) is 4.98 Å². The number of nitrogens with zero attached hydrogens (tertiary/aromatic N) is 1. The van der Waals surface area contributed by atoms with Crippen LogP contribution in [0, 0.1) is 6.92 Å². The Balaban J connectivity index is 1.76. The summed E-state index contributed by atoms with van der Waals surface area (Å²) in [5.41, 5.74) is 7.42. The van der Waals surface area contributed by atoms with E-state index in [-0.39, 0.29) is 0 Å². The van der Waals surface area contributed by atoms with Crippen molar-refractivity contribution in [3.63, 3.8) is 0 Å². The molecule has 3 rings (SSSR count). The highest BCUT2D eigenvalue weighted by Gasteiger charge is 2.19. The van der Waals surface area contributed by atoms with Crippen LogP contribution in [0.25, 0.3) is 0 Å².